The summed E-state index contributed by atoms with van der Waals surface area (Å²) < 4.78 is 28.3. The number of hydrogen-bond acceptors (Lipinski definition) is 6. The highest BCUT2D eigenvalue weighted by Crippen LogP contribution is 2.22. The molecule has 210 valence electrons. The second kappa shape index (κ2) is 13.5. The van der Waals surface area contributed by atoms with E-state index in [1.807, 2.05) is 44.2 Å². The van der Waals surface area contributed by atoms with Crippen molar-refractivity contribution in [2.24, 2.45) is 5.92 Å². The van der Waals surface area contributed by atoms with Gasteiger partial charge >= 0.3 is 0 Å². The number of fused-ring (bicyclic) bond motifs is 1. The van der Waals surface area contributed by atoms with Crippen LogP contribution in [0.1, 0.15) is 59.4 Å². The van der Waals surface area contributed by atoms with Crippen LogP contribution < -0.4 is 15.4 Å². The highest BCUT2D eigenvalue weighted by Gasteiger charge is 2.35. The Morgan fingerprint density at radius 2 is 1.44 bits per heavy atom. The monoisotopic (exact) mass is 556 g/mol. The molecule has 0 fully saturated rings. The fourth-order valence-corrected chi connectivity index (χ4v) is 5.80. The molecular formula is C28H36N4O6S. The lowest BCUT2D eigenvalue weighted by Crippen LogP contribution is -2.54. The number of sulfonamides is 1. The summed E-state index contributed by atoms with van der Waals surface area (Å²) in [5.74, 6) is -2.00. The maximum absolute atomic E-state index is 13.2. The van der Waals surface area contributed by atoms with Crippen molar-refractivity contribution in [3.63, 3.8) is 0 Å². The molecule has 0 unspecified atom stereocenters. The van der Waals surface area contributed by atoms with Crippen molar-refractivity contribution in [2.45, 2.75) is 51.6 Å². The van der Waals surface area contributed by atoms with Gasteiger partial charge in [-0.05, 0) is 42.9 Å². The minimum atomic E-state index is -3.87. The van der Waals surface area contributed by atoms with Crippen LogP contribution >= 0.6 is 0 Å². The second-order valence-corrected chi connectivity index (χ2v) is 11.9. The highest BCUT2D eigenvalue weighted by atomic mass is 32.2. The van der Waals surface area contributed by atoms with Crippen molar-refractivity contribution in [1.82, 2.24) is 20.3 Å². The number of unbranched alkanes of at least 4 members (excludes halogenated alkanes) is 1. The first kappa shape index (κ1) is 30.0. The Morgan fingerprint density at radius 3 is 2.00 bits per heavy atom. The third-order valence-electron chi connectivity index (χ3n) is 6.43. The predicted molar refractivity (Wildman–Crippen MR) is 147 cm³/mol. The van der Waals surface area contributed by atoms with Crippen LogP contribution in [0.15, 0.2) is 54.6 Å². The molecule has 0 aromatic heterocycles. The third-order valence-corrected chi connectivity index (χ3v) is 7.90. The Hall–Kier alpha value is -3.57. The fourth-order valence-electron chi connectivity index (χ4n) is 4.47. The van der Waals surface area contributed by atoms with Gasteiger partial charge in [-0.2, -0.15) is 0 Å². The third kappa shape index (κ3) is 8.21. The molecule has 0 aliphatic carbocycles. The number of carbonyl (C=O) groups is 4. The van der Waals surface area contributed by atoms with E-state index in [9.17, 15) is 27.6 Å². The number of hydrogen-bond donors (Lipinski definition) is 3. The summed E-state index contributed by atoms with van der Waals surface area (Å²) >= 11 is 0. The van der Waals surface area contributed by atoms with Crippen molar-refractivity contribution in [2.75, 3.05) is 19.3 Å². The van der Waals surface area contributed by atoms with E-state index in [1.54, 1.807) is 24.3 Å². The summed E-state index contributed by atoms with van der Waals surface area (Å²) in [6, 6.07) is 13.8. The number of imide groups is 1. The SMILES string of the molecule is CNC(=O)[C@H](Cc1ccccc1)NC(=O)[C@H](CC(C)C)NS(=O)(=O)CCCCN1C(=O)c2ccccc2C1=O. The zero-order chi connectivity index (χ0) is 28.6. The average molecular weight is 557 g/mol. The molecule has 1 aliphatic rings. The molecule has 2 aromatic carbocycles. The molecule has 2 aromatic rings. The van der Waals surface area contributed by atoms with Gasteiger partial charge in [0.1, 0.15) is 12.1 Å². The minimum Gasteiger partial charge on any atom is -0.357 e. The van der Waals surface area contributed by atoms with E-state index in [2.05, 4.69) is 15.4 Å². The van der Waals surface area contributed by atoms with E-state index >= 15 is 0 Å². The van der Waals surface area contributed by atoms with Gasteiger partial charge in [0.15, 0.2) is 0 Å². The first-order valence-corrected chi connectivity index (χ1v) is 14.7. The van der Waals surface area contributed by atoms with Crippen LogP contribution in [0.2, 0.25) is 0 Å². The van der Waals surface area contributed by atoms with Crippen LogP contribution in [0.5, 0.6) is 0 Å². The molecule has 4 amide bonds. The molecule has 0 bridgehead atoms. The zero-order valence-electron chi connectivity index (χ0n) is 22.5. The number of carbonyl (C=O) groups excluding carboxylic acids is 4. The van der Waals surface area contributed by atoms with Crippen LogP contribution in [-0.2, 0) is 26.0 Å². The Kier molecular flexibility index (Phi) is 10.4. The summed E-state index contributed by atoms with van der Waals surface area (Å²) in [5, 5.41) is 5.25. The molecule has 0 radical (unpaired) electrons. The maximum Gasteiger partial charge on any atom is 0.261 e. The topological polar surface area (TPSA) is 142 Å². The van der Waals surface area contributed by atoms with Gasteiger partial charge in [0.25, 0.3) is 11.8 Å². The van der Waals surface area contributed by atoms with Gasteiger partial charge in [-0.1, -0.05) is 56.3 Å². The van der Waals surface area contributed by atoms with Crippen molar-refractivity contribution >= 4 is 33.7 Å². The summed E-state index contributed by atoms with van der Waals surface area (Å²) in [5.41, 5.74) is 1.55. The van der Waals surface area contributed by atoms with Crippen molar-refractivity contribution in [3.05, 3.63) is 71.3 Å². The molecule has 39 heavy (non-hydrogen) atoms. The number of benzene rings is 2. The predicted octanol–water partition coefficient (Wildman–Crippen LogP) is 1.87. The van der Waals surface area contributed by atoms with Crippen LogP contribution in [-0.4, -0.2) is 68.4 Å². The molecule has 0 saturated carbocycles. The lowest BCUT2D eigenvalue weighted by molar-refractivity contribution is -0.129. The average Bonchev–Trinajstić information content (AvgIpc) is 3.14. The van der Waals surface area contributed by atoms with Crippen molar-refractivity contribution < 1.29 is 27.6 Å². The van der Waals surface area contributed by atoms with Gasteiger partial charge in [0.2, 0.25) is 21.8 Å². The van der Waals surface area contributed by atoms with Gasteiger partial charge < -0.3 is 10.6 Å². The normalized spacial score (nSPS) is 14.7. The number of rotatable bonds is 14. The molecule has 0 saturated heterocycles. The molecule has 10 nitrogen and oxygen atoms in total. The van der Waals surface area contributed by atoms with Crippen LogP contribution in [0.3, 0.4) is 0 Å². The molecule has 2 atom stereocenters. The Labute approximate surface area is 229 Å². The lowest BCUT2D eigenvalue weighted by atomic mass is 10.0. The lowest BCUT2D eigenvalue weighted by Gasteiger charge is -2.24. The van der Waals surface area contributed by atoms with E-state index in [1.165, 1.54) is 7.05 Å². The van der Waals surface area contributed by atoms with Gasteiger partial charge in [-0.3, -0.25) is 24.1 Å². The van der Waals surface area contributed by atoms with Crippen LogP contribution in [0.4, 0.5) is 0 Å². The van der Waals surface area contributed by atoms with Crippen LogP contribution in [0, 0.1) is 5.92 Å². The van der Waals surface area contributed by atoms with Gasteiger partial charge in [-0.15, -0.1) is 0 Å². The molecular weight excluding hydrogens is 520 g/mol. The van der Waals surface area contributed by atoms with Crippen molar-refractivity contribution in [3.8, 4) is 0 Å². The van der Waals surface area contributed by atoms with E-state index < -0.39 is 28.0 Å². The van der Waals surface area contributed by atoms with E-state index in [4.69, 9.17) is 0 Å². The summed E-state index contributed by atoms with van der Waals surface area (Å²) in [7, 11) is -2.39. The number of amides is 4. The van der Waals surface area contributed by atoms with Gasteiger partial charge in [-0.25, -0.2) is 13.1 Å². The standard InChI is InChI=1S/C28H36N4O6S/c1-19(2)17-24(26(34)30-23(25(33)29-3)18-20-11-5-4-6-12-20)31-39(37,38)16-10-9-15-32-27(35)21-13-7-8-14-22(21)28(32)36/h4-8,11-14,19,23-24,31H,9-10,15-18H2,1-3H3,(H,29,33)(H,30,34)/t23-,24-/m0/s1. The zero-order valence-corrected chi connectivity index (χ0v) is 23.3. The molecule has 1 heterocycles. The summed E-state index contributed by atoms with van der Waals surface area (Å²) in [4.78, 5) is 51.8. The Morgan fingerprint density at radius 1 is 0.846 bits per heavy atom. The van der Waals surface area contributed by atoms with E-state index in [0.717, 1.165) is 10.5 Å². The number of nitrogens with one attached hydrogen (secondary N) is 3. The largest absolute Gasteiger partial charge is 0.357 e. The number of likely N-dealkylation sites (N-methyl/N-ethyl adjacent to an activating group) is 1. The molecule has 1 aliphatic heterocycles. The first-order chi connectivity index (χ1) is 18.5. The Bertz CT molecular complexity index is 1260. The van der Waals surface area contributed by atoms with Crippen LogP contribution in [0.25, 0.3) is 0 Å². The minimum absolute atomic E-state index is 0.00449. The molecule has 0 spiro atoms. The second-order valence-electron chi connectivity index (χ2n) is 10.00. The molecule has 3 N–H and O–H groups in total. The molecule has 3 rings (SSSR count). The quantitative estimate of drug-likeness (QED) is 0.240. The van der Waals surface area contributed by atoms with E-state index in [-0.39, 0.29) is 55.2 Å². The van der Waals surface area contributed by atoms with E-state index in [0.29, 0.717) is 17.5 Å². The Balaban J connectivity index is 1.58. The first-order valence-electron chi connectivity index (χ1n) is 13.0. The summed E-state index contributed by atoms with van der Waals surface area (Å²) in [6.07, 6.45) is 0.980. The van der Waals surface area contributed by atoms with Crippen molar-refractivity contribution in [1.29, 1.82) is 0 Å². The van der Waals surface area contributed by atoms with Gasteiger partial charge in [0.05, 0.1) is 16.9 Å². The van der Waals surface area contributed by atoms with Gasteiger partial charge in [0, 0.05) is 20.0 Å². The smallest absolute Gasteiger partial charge is 0.261 e. The summed E-state index contributed by atoms with van der Waals surface area (Å²) in [6.45, 7) is 3.85. The molecule has 11 heteroatoms. The fraction of sp³-hybridized carbons (Fsp3) is 0.429. The number of nitrogens with zero attached hydrogens (tertiary/aromatic N) is 1. The highest BCUT2D eigenvalue weighted by molar-refractivity contribution is 7.89. The maximum atomic E-state index is 13.2.